The van der Waals surface area contributed by atoms with E-state index in [0.717, 1.165) is 0 Å². The number of hydrogen-bond donors (Lipinski definition) is 2. The van der Waals surface area contributed by atoms with Crippen molar-refractivity contribution in [2.24, 2.45) is 5.92 Å². The van der Waals surface area contributed by atoms with Gasteiger partial charge in [0.25, 0.3) is 5.91 Å². The van der Waals surface area contributed by atoms with Crippen molar-refractivity contribution in [2.45, 2.75) is 20.3 Å². The minimum Gasteiger partial charge on any atom is -0.454 e. The maximum absolute atomic E-state index is 11.8. The minimum atomic E-state index is -0.393. The van der Waals surface area contributed by atoms with E-state index in [1.54, 1.807) is 18.2 Å². The molecule has 0 atom stereocenters. The van der Waals surface area contributed by atoms with Gasteiger partial charge in [-0.2, -0.15) is 0 Å². The molecule has 0 radical (unpaired) electrons. The van der Waals surface area contributed by atoms with Crippen LogP contribution in [0.1, 0.15) is 30.6 Å². The molecular formula is C13H16N2O4. The lowest BCUT2D eigenvalue weighted by molar-refractivity contribution is -0.122. The van der Waals surface area contributed by atoms with Gasteiger partial charge >= 0.3 is 0 Å². The molecule has 1 aliphatic heterocycles. The first-order chi connectivity index (χ1) is 9.06. The molecule has 6 nitrogen and oxygen atoms in total. The summed E-state index contributed by atoms with van der Waals surface area (Å²) >= 11 is 0. The van der Waals surface area contributed by atoms with Gasteiger partial charge in [-0.25, -0.2) is 0 Å². The second-order valence-electron chi connectivity index (χ2n) is 4.67. The number of nitrogens with one attached hydrogen (secondary N) is 2. The number of rotatable bonds is 3. The highest BCUT2D eigenvalue weighted by Gasteiger charge is 2.16. The van der Waals surface area contributed by atoms with Crippen LogP contribution in [-0.4, -0.2) is 18.6 Å². The summed E-state index contributed by atoms with van der Waals surface area (Å²) in [6.07, 6.45) is 0.363. The van der Waals surface area contributed by atoms with E-state index >= 15 is 0 Å². The molecule has 0 aromatic heterocycles. The Balaban J connectivity index is 1.91. The van der Waals surface area contributed by atoms with Crippen LogP contribution in [0.2, 0.25) is 0 Å². The average molecular weight is 264 g/mol. The molecule has 1 heterocycles. The second-order valence-corrected chi connectivity index (χ2v) is 4.67. The SMILES string of the molecule is CC(C)CC(=O)NNC(=O)c1ccc2c(c1)OCO2. The highest BCUT2D eigenvalue weighted by atomic mass is 16.7. The molecule has 2 amide bonds. The van der Waals surface area contributed by atoms with Crippen molar-refractivity contribution >= 4 is 11.8 Å². The normalized spacial score (nSPS) is 12.4. The third-order valence-electron chi connectivity index (χ3n) is 2.54. The van der Waals surface area contributed by atoms with Crippen LogP contribution in [0.15, 0.2) is 18.2 Å². The zero-order valence-electron chi connectivity index (χ0n) is 10.9. The van der Waals surface area contributed by atoms with E-state index in [1.165, 1.54) is 0 Å². The number of carbonyl (C=O) groups is 2. The van der Waals surface area contributed by atoms with Crippen molar-refractivity contribution in [3.63, 3.8) is 0 Å². The van der Waals surface area contributed by atoms with Gasteiger partial charge < -0.3 is 9.47 Å². The molecule has 102 valence electrons. The zero-order chi connectivity index (χ0) is 13.8. The number of ether oxygens (including phenoxy) is 2. The molecule has 0 unspecified atom stereocenters. The van der Waals surface area contributed by atoms with E-state index in [2.05, 4.69) is 10.9 Å². The van der Waals surface area contributed by atoms with Gasteiger partial charge in [0.2, 0.25) is 12.7 Å². The minimum absolute atomic E-state index is 0.158. The lowest BCUT2D eigenvalue weighted by Gasteiger charge is -2.09. The van der Waals surface area contributed by atoms with Crippen LogP contribution in [0, 0.1) is 5.92 Å². The highest BCUT2D eigenvalue weighted by Crippen LogP contribution is 2.32. The van der Waals surface area contributed by atoms with Gasteiger partial charge in [0.15, 0.2) is 11.5 Å². The fourth-order valence-corrected chi connectivity index (χ4v) is 1.66. The van der Waals surface area contributed by atoms with Crippen molar-refractivity contribution in [1.82, 2.24) is 10.9 Å². The van der Waals surface area contributed by atoms with Crippen LogP contribution in [0.5, 0.6) is 11.5 Å². The number of fused-ring (bicyclic) bond motifs is 1. The van der Waals surface area contributed by atoms with E-state index in [1.807, 2.05) is 13.8 Å². The Morgan fingerprint density at radius 3 is 2.68 bits per heavy atom. The lowest BCUT2D eigenvalue weighted by Crippen LogP contribution is -2.41. The summed E-state index contributed by atoms with van der Waals surface area (Å²) < 4.78 is 10.3. The van der Waals surface area contributed by atoms with Gasteiger partial charge in [-0.1, -0.05) is 13.8 Å². The van der Waals surface area contributed by atoms with Crippen LogP contribution in [0.25, 0.3) is 0 Å². The molecule has 2 N–H and O–H groups in total. The summed E-state index contributed by atoms with van der Waals surface area (Å²) in [5.74, 6) is 0.767. The van der Waals surface area contributed by atoms with Gasteiger partial charge in [0.1, 0.15) is 0 Å². The van der Waals surface area contributed by atoms with Crippen LogP contribution in [-0.2, 0) is 4.79 Å². The van der Waals surface area contributed by atoms with Crippen molar-refractivity contribution < 1.29 is 19.1 Å². The number of amides is 2. The van der Waals surface area contributed by atoms with Crippen molar-refractivity contribution in [3.8, 4) is 11.5 Å². The van der Waals surface area contributed by atoms with E-state index in [0.29, 0.717) is 23.5 Å². The quantitative estimate of drug-likeness (QED) is 0.805. The van der Waals surface area contributed by atoms with Crippen molar-refractivity contribution in [1.29, 1.82) is 0 Å². The predicted octanol–water partition coefficient (Wildman–Crippen LogP) is 1.22. The van der Waals surface area contributed by atoms with Gasteiger partial charge in [-0.3, -0.25) is 20.4 Å². The van der Waals surface area contributed by atoms with Crippen LogP contribution >= 0.6 is 0 Å². The van der Waals surface area contributed by atoms with Crippen molar-refractivity contribution in [2.75, 3.05) is 6.79 Å². The van der Waals surface area contributed by atoms with E-state index < -0.39 is 5.91 Å². The van der Waals surface area contributed by atoms with Crippen LogP contribution < -0.4 is 20.3 Å². The fourth-order valence-electron chi connectivity index (χ4n) is 1.66. The molecule has 0 bridgehead atoms. The molecule has 1 aliphatic rings. The molecule has 1 aromatic carbocycles. The number of hydrogen-bond acceptors (Lipinski definition) is 4. The smallest absolute Gasteiger partial charge is 0.269 e. The van der Waals surface area contributed by atoms with Gasteiger partial charge in [0, 0.05) is 12.0 Å². The lowest BCUT2D eigenvalue weighted by atomic mass is 10.1. The third-order valence-corrected chi connectivity index (χ3v) is 2.54. The average Bonchev–Trinajstić information content (AvgIpc) is 2.82. The van der Waals surface area contributed by atoms with Crippen LogP contribution in [0.4, 0.5) is 0 Å². The summed E-state index contributed by atoms with van der Waals surface area (Å²) in [4.78, 5) is 23.2. The first kappa shape index (κ1) is 13.2. The van der Waals surface area contributed by atoms with Gasteiger partial charge in [0.05, 0.1) is 0 Å². The fraction of sp³-hybridized carbons (Fsp3) is 0.385. The number of carbonyl (C=O) groups excluding carboxylic acids is 2. The molecule has 2 rings (SSSR count). The predicted molar refractivity (Wildman–Crippen MR) is 67.6 cm³/mol. The number of hydrazine groups is 1. The summed E-state index contributed by atoms with van der Waals surface area (Å²) in [7, 11) is 0. The van der Waals surface area contributed by atoms with Crippen molar-refractivity contribution in [3.05, 3.63) is 23.8 Å². The highest BCUT2D eigenvalue weighted by molar-refractivity contribution is 5.96. The molecule has 0 saturated carbocycles. The van der Waals surface area contributed by atoms with E-state index in [-0.39, 0.29) is 18.6 Å². The monoisotopic (exact) mass is 264 g/mol. The van der Waals surface area contributed by atoms with E-state index in [4.69, 9.17) is 9.47 Å². The molecule has 0 aliphatic carbocycles. The molecule has 0 spiro atoms. The summed E-state index contributed by atoms with van der Waals surface area (Å²) in [5, 5.41) is 0. The maximum Gasteiger partial charge on any atom is 0.269 e. The first-order valence-corrected chi connectivity index (χ1v) is 6.05. The molecule has 6 heteroatoms. The van der Waals surface area contributed by atoms with Gasteiger partial charge in [-0.05, 0) is 24.1 Å². The van der Waals surface area contributed by atoms with E-state index in [9.17, 15) is 9.59 Å². The topological polar surface area (TPSA) is 76.7 Å². The Hall–Kier alpha value is -2.24. The maximum atomic E-state index is 11.8. The molecular weight excluding hydrogens is 248 g/mol. The number of benzene rings is 1. The Morgan fingerprint density at radius 1 is 1.21 bits per heavy atom. The Kier molecular flexibility index (Phi) is 3.89. The first-order valence-electron chi connectivity index (χ1n) is 6.05. The Morgan fingerprint density at radius 2 is 1.95 bits per heavy atom. The van der Waals surface area contributed by atoms with Gasteiger partial charge in [-0.15, -0.1) is 0 Å². The summed E-state index contributed by atoms with van der Waals surface area (Å²) in [6, 6.07) is 4.84. The standard InChI is InChI=1S/C13H16N2O4/c1-8(2)5-12(16)14-15-13(17)9-3-4-10-11(6-9)19-7-18-10/h3-4,6,8H,5,7H2,1-2H3,(H,14,16)(H,15,17). The zero-order valence-corrected chi connectivity index (χ0v) is 10.9. The summed E-state index contributed by atoms with van der Waals surface area (Å²) in [5.41, 5.74) is 5.13. The molecule has 0 fully saturated rings. The molecule has 19 heavy (non-hydrogen) atoms. The molecule has 1 aromatic rings. The Bertz CT molecular complexity index is 499. The second kappa shape index (κ2) is 5.60. The Labute approximate surface area is 111 Å². The summed E-state index contributed by atoms with van der Waals surface area (Å²) in [6.45, 7) is 4.02. The molecule has 0 saturated heterocycles. The van der Waals surface area contributed by atoms with Crippen LogP contribution in [0.3, 0.4) is 0 Å². The largest absolute Gasteiger partial charge is 0.454 e. The third kappa shape index (κ3) is 3.37.